The van der Waals surface area contributed by atoms with E-state index in [9.17, 15) is 5.26 Å². The fourth-order valence-electron chi connectivity index (χ4n) is 4.87. The Morgan fingerprint density at radius 3 is 2.47 bits per heavy atom. The second-order valence-corrected chi connectivity index (χ2v) is 9.76. The lowest BCUT2D eigenvalue weighted by atomic mass is 9.87. The number of nitrogens with zero attached hydrogens (tertiary/aromatic N) is 3. The molecule has 1 aliphatic carbocycles. The quantitative estimate of drug-likeness (QED) is 0.331. The molecule has 0 spiro atoms. The Hall–Kier alpha value is -3.43. The maximum Gasteiger partial charge on any atom is 0.204 e. The summed E-state index contributed by atoms with van der Waals surface area (Å²) in [6, 6.07) is 21.0. The van der Waals surface area contributed by atoms with Crippen LogP contribution in [0.5, 0.6) is 0 Å². The van der Waals surface area contributed by atoms with Gasteiger partial charge in [0, 0.05) is 26.9 Å². The summed E-state index contributed by atoms with van der Waals surface area (Å²) in [5, 5.41) is 13.7. The predicted molar refractivity (Wildman–Crippen MR) is 138 cm³/mol. The Morgan fingerprint density at radius 2 is 1.74 bits per heavy atom. The number of halogens is 1. The smallest absolute Gasteiger partial charge is 0.204 e. The molecule has 0 amide bonds. The maximum atomic E-state index is 10.1. The molecule has 0 radical (unpaired) electrons. The normalized spacial score (nSPS) is 13.5. The third kappa shape index (κ3) is 4.49. The summed E-state index contributed by atoms with van der Waals surface area (Å²) >= 11 is 3.51. The van der Waals surface area contributed by atoms with Gasteiger partial charge in [-0.05, 0) is 43.4 Å². The molecule has 0 aliphatic heterocycles. The zero-order valence-electron chi connectivity index (χ0n) is 19.0. The van der Waals surface area contributed by atoms with E-state index >= 15 is 0 Å². The number of H-pyrrole nitrogens is 1. The summed E-state index contributed by atoms with van der Waals surface area (Å²) in [6.45, 7) is 0.692. The minimum Gasteiger partial charge on any atom is -0.383 e. The molecule has 4 aromatic rings. The van der Waals surface area contributed by atoms with Crippen molar-refractivity contribution in [2.24, 2.45) is 0 Å². The number of aromatic nitrogens is 3. The van der Waals surface area contributed by atoms with E-state index in [0.717, 1.165) is 58.2 Å². The van der Waals surface area contributed by atoms with Crippen LogP contribution in [0.3, 0.4) is 0 Å². The molecule has 34 heavy (non-hydrogen) atoms. The average Bonchev–Trinajstić information content (AvgIpc) is 3.25. The van der Waals surface area contributed by atoms with Gasteiger partial charge in [0.15, 0.2) is 6.54 Å². The van der Waals surface area contributed by atoms with Gasteiger partial charge >= 0.3 is 0 Å². The summed E-state index contributed by atoms with van der Waals surface area (Å²) < 4.78 is 3.15. The molecule has 0 atom stereocenters. The van der Waals surface area contributed by atoms with Gasteiger partial charge in [0.05, 0.1) is 5.56 Å². The lowest BCUT2D eigenvalue weighted by Crippen LogP contribution is -2.35. The Kier molecular flexibility index (Phi) is 6.46. The largest absolute Gasteiger partial charge is 0.383 e. The van der Waals surface area contributed by atoms with Gasteiger partial charge in [-0.15, -0.1) is 4.68 Å². The van der Waals surface area contributed by atoms with Crippen LogP contribution in [-0.2, 0) is 19.4 Å². The Labute approximate surface area is 208 Å². The highest BCUT2D eigenvalue weighted by atomic mass is 79.9. The number of fused-ring (bicyclic) bond motifs is 1. The van der Waals surface area contributed by atoms with Crippen molar-refractivity contribution in [3.8, 4) is 28.5 Å². The molecule has 3 N–H and O–H groups in total. The Balaban J connectivity index is 1.72. The van der Waals surface area contributed by atoms with E-state index in [1.807, 2.05) is 18.2 Å². The van der Waals surface area contributed by atoms with Crippen LogP contribution in [0.2, 0.25) is 0 Å². The van der Waals surface area contributed by atoms with E-state index in [1.165, 1.54) is 24.0 Å². The van der Waals surface area contributed by atoms with Crippen LogP contribution in [0.15, 0.2) is 65.3 Å². The first kappa shape index (κ1) is 22.4. The number of aromatic amines is 1. The predicted octanol–water partition coefficient (Wildman–Crippen LogP) is 5.95. The van der Waals surface area contributed by atoms with Gasteiger partial charge in [0.1, 0.15) is 23.1 Å². The van der Waals surface area contributed by atoms with E-state index in [4.69, 9.17) is 10.7 Å². The summed E-state index contributed by atoms with van der Waals surface area (Å²) in [7, 11) is 0. The van der Waals surface area contributed by atoms with Crippen LogP contribution < -0.4 is 10.4 Å². The van der Waals surface area contributed by atoms with Gasteiger partial charge in [-0.2, -0.15) is 10.4 Å². The van der Waals surface area contributed by atoms with Crippen molar-refractivity contribution in [1.82, 2.24) is 10.1 Å². The number of pyridine rings is 1. The van der Waals surface area contributed by atoms with Crippen molar-refractivity contribution in [2.75, 3.05) is 5.73 Å². The van der Waals surface area contributed by atoms with Crippen LogP contribution in [-0.4, -0.2) is 10.1 Å². The summed E-state index contributed by atoms with van der Waals surface area (Å²) in [6.07, 6.45) is 8.56. The third-order valence-electron chi connectivity index (χ3n) is 6.52. The fraction of sp³-hybridized carbons (Fsp3) is 0.250. The molecule has 2 aromatic carbocycles. The number of anilines is 1. The van der Waals surface area contributed by atoms with Crippen molar-refractivity contribution in [3.05, 3.63) is 87.7 Å². The Bertz CT molecular complexity index is 1350. The number of nitrogens with one attached hydrogen (secondary N) is 1. The van der Waals surface area contributed by atoms with Gasteiger partial charge in [-0.25, -0.2) is 4.98 Å². The molecule has 5 rings (SSSR count). The zero-order chi connectivity index (χ0) is 23.5. The van der Waals surface area contributed by atoms with Crippen molar-refractivity contribution >= 4 is 21.7 Å². The molecule has 0 bridgehead atoms. The third-order valence-corrected chi connectivity index (χ3v) is 7.05. The van der Waals surface area contributed by atoms with Crippen molar-refractivity contribution < 1.29 is 4.68 Å². The standard InChI is InChI=1S/C28H26BrN5/c29-21-14-12-19(13-15-21)17-34-18-24(27(33-34)20-8-4-3-5-9-20)26-22-10-6-1-2-7-11-25(22)32-28(31)23(26)16-30/h3-5,8-9,12-15,18H,1-2,6-7,10-11,17H2,(H2,31,32)/p+1. The molecule has 2 heterocycles. The molecule has 6 heteroatoms. The van der Waals surface area contributed by atoms with Crippen LogP contribution in [0.25, 0.3) is 22.4 Å². The number of aryl methyl sites for hydroxylation is 1. The number of benzene rings is 2. The number of nitriles is 1. The zero-order valence-corrected chi connectivity index (χ0v) is 20.6. The second-order valence-electron chi connectivity index (χ2n) is 8.85. The second kappa shape index (κ2) is 9.82. The van der Waals surface area contributed by atoms with Crippen LogP contribution in [0.4, 0.5) is 5.82 Å². The fourth-order valence-corrected chi connectivity index (χ4v) is 5.13. The summed E-state index contributed by atoms with van der Waals surface area (Å²) in [5.41, 5.74) is 14.3. The van der Waals surface area contributed by atoms with E-state index < -0.39 is 0 Å². The topological polar surface area (TPSA) is 82.4 Å². The number of rotatable bonds is 4. The first-order chi connectivity index (χ1) is 16.6. The van der Waals surface area contributed by atoms with Crippen LogP contribution in [0, 0.1) is 11.3 Å². The molecule has 5 nitrogen and oxygen atoms in total. The highest BCUT2D eigenvalue weighted by molar-refractivity contribution is 9.10. The first-order valence-electron chi connectivity index (χ1n) is 11.8. The van der Waals surface area contributed by atoms with E-state index in [1.54, 1.807) is 0 Å². The summed E-state index contributed by atoms with van der Waals surface area (Å²) in [4.78, 5) is 4.69. The molecule has 0 unspecified atom stereocenters. The van der Waals surface area contributed by atoms with Gasteiger partial charge in [0.25, 0.3) is 0 Å². The van der Waals surface area contributed by atoms with E-state index in [-0.39, 0.29) is 0 Å². The molecule has 0 fully saturated rings. The highest BCUT2D eigenvalue weighted by Gasteiger charge is 2.27. The molecule has 0 saturated heterocycles. The summed E-state index contributed by atoms with van der Waals surface area (Å²) in [5.74, 6) is 0.330. The van der Waals surface area contributed by atoms with Gasteiger partial charge in [-0.1, -0.05) is 71.2 Å². The molecule has 0 saturated carbocycles. The molecular formula is C28H27BrN5+. The molecular weight excluding hydrogens is 486 g/mol. The van der Waals surface area contributed by atoms with Crippen molar-refractivity contribution in [3.63, 3.8) is 0 Å². The van der Waals surface area contributed by atoms with Gasteiger partial charge in [0.2, 0.25) is 6.20 Å². The minimum atomic E-state index is 0.330. The molecule has 170 valence electrons. The minimum absolute atomic E-state index is 0.330. The Morgan fingerprint density at radius 1 is 1.00 bits per heavy atom. The number of hydrogen-bond donors (Lipinski definition) is 2. The van der Waals surface area contributed by atoms with Crippen LogP contribution >= 0.6 is 15.9 Å². The number of hydrogen-bond acceptors (Lipinski definition) is 3. The maximum absolute atomic E-state index is 10.1. The SMILES string of the molecule is N#Cc1c(N)nc2c(c1-c1c[n+](Cc3ccc(Br)cc3)[nH]c1-c1ccccc1)CCCCCC2. The number of nitrogen functional groups attached to an aromatic ring is 1. The molecule has 2 aromatic heterocycles. The van der Waals surface area contributed by atoms with Crippen molar-refractivity contribution in [2.45, 2.75) is 45.1 Å². The van der Waals surface area contributed by atoms with E-state index in [0.29, 0.717) is 17.9 Å². The molecule has 1 aliphatic rings. The van der Waals surface area contributed by atoms with Gasteiger partial charge in [-0.3, -0.25) is 0 Å². The lowest BCUT2D eigenvalue weighted by molar-refractivity contribution is -0.741. The lowest BCUT2D eigenvalue weighted by Gasteiger charge is -2.19. The van der Waals surface area contributed by atoms with Gasteiger partial charge < -0.3 is 5.73 Å². The van der Waals surface area contributed by atoms with E-state index in [2.05, 4.69) is 74.4 Å². The van der Waals surface area contributed by atoms with Crippen LogP contribution in [0.1, 0.15) is 48.1 Å². The highest BCUT2D eigenvalue weighted by Crippen LogP contribution is 2.39. The van der Waals surface area contributed by atoms with Crippen molar-refractivity contribution in [1.29, 1.82) is 5.26 Å². The first-order valence-corrected chi connectivity index (χ1v) is 12.6. The monoisotopic (exact) mass is 512 g/mol. The number of nitrogens with two attached hydrogens (primary N) is 1. The average molecular weight is 513 g/mol.